The number of rotatable bonds is 5. The van der Waals surface area contributed by atoms with Gasteiger partial charge in [0.1, 0.15) is 0 Å². The lowest BCUT2D eigenvalue weighted by Gasteiger charge is -2.23. The fourth-order valence-electron chi connectivity index (χ4n) is 4.29. The van der Waals surface area contributed by atoms with Gasteiger partial charge in [-0.1, -0.05) is 43.5 Å². The number of anilines is 2. The van der Waals surface area contributed by atoms with E-state index >= 15 is 0 Å². The quantitative estimate of drug-likeness (QED) is 0.785. The van der Waals surface area contributed by atoms with Crippen LogP contribution in [0.3, 0.4) is 0 Å². The molecule has 1 aliphatic carbocycles. The minimum Gasteiger partial charge on any atom is -0.349 e. The first kappa shape index (κ1) is 20.1. The highest BCUT2D eigenvalue weighted by Gasteiger charge is 2.26. The van der Waals surface area contributed by atoms with E-state index in [2.05, 4.69) is 10.6 Å². The second kappa shape index (κ2) is 9.11. The second-order valence-corrected chi connectivity index (χ2v) is 7.97. The van der Waals surface area contributed by atoms with Crippen molar-refractivity contribution in [1.29, 1.82) is 0 Å². The molecule has 6 nitrogen and oxygen atoms in total. The van der Waals surface area contributed by atoms with E-state index in [-0.39, 0.29) is 23.8 Å². The third-order valence-corrected chi connectivity index (χ3v) is 5.87. The molecule has 30 heavy (non-hydrogen) atoms. The van der Waals surface area contributed by atoms with Crippen molar-refractivity contribution in [2.75, 3.05) is 16.8 Å². The van der Waals surface area contributed by atoms with Gasteiger partial charge in [0.2, 0.25) is 5.91 Å². The van der Waals surface area contributed by atoms with E-state index in [1.807, 2.05) is 6.07 Å². The maximum atomic E-state index is 13.1. The first-order chi connectivity index (χ1) is 14.6. The maximum absolute atomic E-state index is 13.1. The van der Waals surface area contributed by atoms with Crippen LogP contribution < -0.4 is 15.5 Å². The summed E-state index contributed by atoms with van der Waals surface area (Å²) in [7, 11) is 0. The van der Waals surface area contributed by atoms with Crippen LogP contribution in [0, 0.1) is 0 Å². The van der Waals surface area contributed by atoms with E-state index in [1.165, 1.54) is 6.42 Å². The molecular weight excluding hydrogens is 378 g/mol. The van der Waals surface area contributed by atoms with Crippen LogP contribution in [0.15, 0.2) is 48.5 Å². The molecule has 1 aliphatic heterocycles. The van der Waals surface area contributed by atoms with Gasteiger partial charge in [-0.05, 0) is 43.5 Å². The standard InChI is InChI=1S/C24H27N3O3/c28-22-15-8-16-27(22)21-14-7-5-12-19(21)24(30)26-20-13-6-4-11-18(20)23(29)25-17-9-2-1-3-10-17/h4-7,11-14,17H,1-3,8-10,15-16H2,(H,25,29)(H,26,30). The Hall–Kier alpha value is -3.15. The molecule has 0 bridgehead atoms. The number of nitrogens with zero attached hydrogens (tertiary/aromatic N) is 1. The lowest BCUT2D eigenvalue weighted by Crippen LogP contribution is -2.36. The maximum Gasteiger partial charge on any atom is 0.257 e. The number of nitrogens with one attached hydrogen (secondary N) is 2. The van der Waals surface area contributed by atoms with Crippen LogP contribution in [0.5, 0.6) is 0 Å². The van der Waals surface area contributed by atoms with Crippen molar-refractivity contribution in [1.82, 2.24) is 5.32 Å². The average molecular weight is 405 g/mol. The number of carbonyl (C=O) groups is 3. The monoisotopic (exact) mass is 405 g/mol. The Morgan fingerprint density at radius 3 is 2.27 bits per heavy atom. The van der Waals surface area contributed by atoms with E-state index in [0.29, 0.717) is 35.5 Å². The molecule has 156 valence electrons. The minimum atomic E-state index is -0.330. The first-order valence-electron chi connectivity index (χ1n) is 10.7. The van der Waals surface area contributed by atoms with Gasteiger partial charge in [-0.3, -0.25) is 14.4 Å². The molecule has 2 aromatic rings. The molecule has 1 saturated carbocycles. The molecular formula is C24H27N3O3. The van der Waals surface area contributed by atoms with Crippen molar-refractivity contribution in [3.05, 3.63) is 59.7 Å². The number of amides is 3. The molecule has 2 N–H and O–H groups in total. The van der Waals surface area contributed by atoms with Crippen molar-refractivity contribution in [3.8, 4) is 0 Å². The third kappa shape index (κ3) is 4.37. The molecule has 1 saturated heterocycles. The minimum absolute atomic E-state index is 0.0301. The van der Waals surface area contributed by atoms with Gasteiger partial charge in [0.15, 0.2) is 0 Å². The third-order valence-electron chi connectivity index (χ3n) is 5.87. The van der Waals surface area contributed by atoms with Gasteiger partial charge in [-0.15, -0.1) is 0 Å². The summed E-state index contributed by atoms with van der Waals surface area (Å²) in [5.41, 5.74) is 1.96. The van der Waals surface area contributed by atoms with Gasteiger partial charge in [0.25, 0.3) is 11.8 Å². The van der Waals surface area contributed by atoms with Crippen LogP contribution in [-0.2, 0) is 4.79 Å². The van der Waals surface area contributed by atoms with E-state index in [4.69, 9.17) is 0 Å². The van der Waals surface area contributed by atoms with Crippen molar-refractivity contribution >= 4 is 29.1 Å². The number of benzene rings is 2. The lowest BCUT2D eigenvalue weighted by atomic mass is 9.95. The fourth-order valence-corrected chi connectivity index (χ4v) is 4.29. The zero-order valence-electron chi connectivity index (χ0n) is 17.0. The zero-order chi connectivity index (χ0) is 20.9. The number of hydrogen-bond acceptors (Lipinski definition) is 3. The van der Waals surface area contributed by atoms with Crippen LogP contribution in [0.25, 0.3) is 0 Å². The Morgan fingerprint density at radius 2 is 1.53 bits per heavy atom. The van der Waals surface area contributed by atoms with Crippen molar-refractivity contribution in [3.63, 3.8) is 0 Å². The van der Waals surface area contributed by atoms with Crippen LogP contribution in [0.2, 0.25) is 0 Å². The molecule has 3 amide bonds. The van der Waals surface area contributed by atoms with E-state index < -0.39 is 0 Å². The molecule has 2 aromatic carbocycles. The number of carbonyl (C=O) groups excluding carboxylic acids is 3. The Bertz CT molecular complexity index is 950. The summed E-state index contributed by atoms with van der Waals surface area (Å²) in [6, 6.07) is 14.3. The molecule has 0 atom stereocenters. The van der Waals surface area contributed by atoms with Gasteiger partial charge in [-0.2, -0.15) is 0 Å². The van der Waals surface area contributed by atoms with Gasteiger partial charge >= 0.3 is 0 Å². The van der Waals surface area contributed by atoms with Crippen molar-refractivity contribution in [2.45, 2.75) is 51.0 Å². The fraction of sp³-hybridized carbons (Fsp3) is 0.375. The average Bonchev–Trinajstić information content (AvgIpc) is 3.20. The molecule has 1 heterocycles. The molecule has 6 heteroatoms. The topological polar surface area (TPSA) is 78.5 Å². The Kier molecular flexibility index (Phi) is 6.12. The predicted molar refractivity (Wildman–Crippen MR) is 117 cm³/mol. The smallest absolute Gasteiger partial charge is 0.257 e. The highest BCUT2D eigenvalue weighted by atomic mass is 16.2. The summed E-state index contributed by atoms with van der Waals surface area (Å²) in [6.07, 6.45) is 6.77. The normalized spacial score (nSPS) is 17.1. The van der Waals surface area contributed by atoms with Crippen LogP contribution in [0.4, 0.5) is 11.4 Å². The largest absolute Gasteiger partial charge is 0.349 e. The molecule has 0 radical (unpaired) electrons. The zero-order valence-corrected chi connectivity index (χ0v) is 17.0. The number of hydrogen-bond donors (Lipinski definition) is 2. The summed E-state index contributed by atoms with van der Waals surface area (Å²) in [5, 5.41) is 5.99. The predicted octanol–water partition coefficient (Wildman–Crippen LogP) is 4.13. The van der Waals surface area contributed by atoms with E-state index in [1.54, 1.807) is 47.4 Å². The summed E-state index contributed by atoms with van der Waals surface area (Å²) in [5.74, 6) is -0.466. The molecule has 0 unspecified atom stereocenters. The highest BCUT2D eigenvalue weighted by molar-refractivity contribution is 6.13. The highest BCUT2D eigenvalue weighted by Crippen LogP contribution is 2.27. The Morgan fingerprint density at radius 1 is 0.833 bits per heavy atom. The van der Waals surface area contributed by atoms with Gasteiger partial charge in [0.05, 0.1) is 22.5 Å². The van der Waals surface area contributed by atoms with Crippen LogP contribution >= 0.6 is 0 Å². The van der Waals surface area contributed by atoms with Crippen LogP contribution in [-0.4, -0.2) is 30.3 Å². The summed E-state index contributed by atoms with van der Waals surface area (Å²) >= 11 is 0. The van der Waals surface area contributed by atoms with E-state index in [9.17, 15) is 14.4 Å². The second-order valence-electron chi connectivity index (χ2n) is 7.97. The SMILES string of the molecule is O=C(NC1CCCCC1)c1ccccc1NC(=O)c1ccccc1N1CCCC1=O. The molecule has 2 aliphatic rings. The summed E-state index contributed by atoms with van der Waals surface area (Å²) in [6.45, 7) is 0.615. The number of para-hydroxylation sites is 2. The molecule has 0 spiro atoms. The lowest BCUT2D eigenvalue weighted by molar-refractivity contribution is -0.117. The van der Waals surface area contributed by atoms with Crippen LogP contribution in [0.1, 0.15) is 65.7 Å². The Balaban J connectivity index is 1.53. The van der Waals surface area contributed by atoms with Crippen molar-refractivity contribution < 1.29 is 14.4 Å². The summed E-state index contributed by atoms with van der Waals surface area (Å²) in [4.78, 5) is 39.8. The van der Waals surface area contributed by atoms with Gasteiger partial charge < -0.3 is 15.5 Å². The van der Waals surface area contributed by atoms with Gasteiger partial charge in [-0.25, -0.2) is 0 Å². The van der Waals surface area contributed by atoms with Crippen molar-refractivity contribution in [2.24, 2.45) is 0 Å². The first-order valence-corrected chi connectivity index (χ1v) is 10.7. The molecule has 0 aromatic heterocycles. The summed E-state index contributed by atoms with van der Waals surface area (Å²) < 4.78 is 0. The molecule has 2 fully saturated rings. The molecule has 4 rings (SSSR count). The van der Waals surface area contributed by atoms with E-state index in [0.717, 1.165) is 32.1 Å². The van der Waals surface area contributed by atoms with Gasteiger partial charge in [0, 0.05) is 19.0 Å². The Labute approximate surface area is 176 Å².